The first-order valence-corrected chi connectivity index (χ1v) is 12.4. The van der Waals surface area contributed by atoms with E-state index < -0.39 is 11.7 Å². The molecule has 1 aromatic heterocycles. The fourth-order valence-electron chi connectivity index (χ4n) is 4.47. The summed E-state index contributed by atoms with van der Waals surface area (Å²) in [5.74, 6) is 0.466. The van der Waals surface area contributed by atoms with Gasteiger partial charge in [-0.25, -0.2) is 9.97 Å². The number of rotatable bonds is 9. The number of benzene rings is 2. The Bertz CT molecular complexity index is 1170. The van der Waals surface area contributed by atoms with Crippen molar-refractivity contribution in [3.05, 3.63) is 88.5 Å². The molecule has 1 saturated heterocycles. The van der Waals surface area contributed by atoms with E-state index in [1.807, 2.05) is 55.5 Å². The lowest BCUT2D eigenvalue weighted by Gasteiger charge is -2.29. The van der Waals surface area contributed by atoms with E-state index >= 15 is 0 Å². The molecule has 1 N–H and O–H groups in total. The van der Waals surface area contributed by atoms with Crippen LogP contribution in [0, 0.1) is 0 Å². The van der Waals surface area contributed by atoms with Crippen LogP contribution in [0.3, 0.4) is 0 Å². The van der Waals surface area contributed by atoms with Crippen molar-refractivity contribution in [2.45, 2.75) is 45.2 Å². The second-order valence-corrected chi connectivity index (χ2v) is 9.06. The van der Waals surface area contributed by atoms with Crippen molar-refractivity contribution in [2.24, 2.45) is 0 Å². The van der Waals surface area contributed by atoms with Gasteiger partial charge in [0.05, 0.1) is 11.3 Å². The Morgan fingerprint density at radius 1 is 1.00 bits per heavy atom. The van der Waals surface area contributed by atoms with Gasteiger partial charge in [-0.1, -0.05) is 43.3 Å². The predicted octanol–water partition coefficient (Wildman–Crippen LogP) is 4.80. The van der Waals surface area contributed by atoms with Gasteiger partial charge in [0.1, 0.15) is 11.6 Å². The average Bonchev–Trinajstić information content (AvgIpc) is 2.88. The molecule has 0 saturated carbocycles. The highest BCUT2D eigenvalue weighted by Crippen LogP contribution is 2.32. The first-order valence-electron chi connectivity index (χ1n) is 12.4. The molecule has 0 bridgehead atoms. The molecule has 36 heavy (non-hydrogen) atoms. The summed E-state index contributed by atoms with van der Waals surface area (Å²) >= 11 is 0. The van der Waals surface area contributed by atoms with Crippen molar-refractivity contribution in [2.75, 3.05) is 31.1 Å². The molecule has 0 spiro atoms. The lowest BCUT2D eigenvalue weighted by atomic mass is 9.96. The number of halogens is 3. The summed E-state index contributed by atoms with van der Waals surface area (Å²) in [7, 11) is 0. The number of Topliss-reactive ketones (excluding diaryl/α,β-unsaturated/α-hetero) is 1. The van der Waals surface area contributed by atoms with Crippen LogP contribution < -0.4 is 10.2 Å². The normalized spacial score (nSPS) is 14.2. The molecule has 0 atom stereocenters. The van der Waals surface area contributed by atoms with Crippen LogP contribution >= 0.6 is 0 Å². The lowest BCUT2D eigenvalue weighted by molar-refractivity contribution is -0.138. The molecule has 0 amide bonds. The molecular formula is C28H31F3N4O. The van der Waals surface area contributed by atoms with Crippen molar-refractivity contribution in [1.29, 1.82) is 0 Å². The number of carbonyl (C=O) groups excluding carboxylic acids is 1. The molecule has 0 aliphatic carbocycles. The Balaban J connectivity index is 1.51. The standard InChI is InChI=1S/C28H31F3N4O/c1-2-24(36)18-22-6-4-3-5-21(22)9-12-26-25(28(29,30)31)19-33-27(34-26)17-20-7-10-23(11-8-20)35-15-13-32-14-16-35/h3-8,10-11,19,32H,2,9,12-18H2,1H3. The van der Waals surface area contributed by atoms with Crippen LogP contribution in [-0.4, -0.2) is 41.9 Å². The van der Waals surface area contributed by atoms with Crippen molar-refractivity contribution in [1.82, 2.24) is 15.3 Å². The van der Waals surface area contributed by atoms with Gasteiger partial charge in [-0.2, -0.15) is 13.2 Å². The number of anilines is 1. The van der Waals surface area contributed by atoms with Gasteiger partial charge in [0.15, 0.2) is 0 Å². The molecular weight excluding hydrogens is 465 g/mol. The second kappa shape index (κ2) is 11.6. The summed E-state index contributed by atoms with van der Waals surface area (Å²) in [5, 5.41) is 3.33. The fourth-order valence-corrected chi connectivity index (χ4v) is 4.47. The van der Waals surface area contributed by atoms with Gasteiger partial charge in [-0.05, 0) is 41.7 Å². The number of hydrogen-bond acceptors (Lipinski definition) is 5. The number of alkyl halides is 3. The van der Waals surface area contributed by atoms with E-state index in [9.17, 15) is 18.0 Å². The highest BCUT2D eigenvalue weighted by atomic mass is 19.4. The Morgan fingerprint density at radius 3 is 2.36 bits per heavy atom. The quantitative estimate of drug-likeness (QED) is 0.461. The van der Waals surface area contributed by atoms with Crippen molar-refractivity contribution in [3.8, 4) is 0 Å². The summed E-state index contributed by atoms with van der Waals surface area (Å²) in [5.41, 5.74) is 2.99. The van der Waals surface area contributed by atoms with Gasteiger partial charge in [0.25, 0.3) is 0 Å². The van der Waals surface area contributed by atoms with Crippen molar-refractivity contribution < 1.29 is 18.0 Å². The SMILES string of the molecule is CCC(=O)Cc1ccccc1CCc1nc(Cc2ccc(N3CCNCC3)cc2)ncc1C(F)(F)F. The summed E-state index contributed by atoms with van der Waals surface area (Å²) in [4.78, 5) is 22.6. The topological polar surface area (TPSA) is 58.1 Å². The van der Waals surface area contributed by atoms with Crippen molar-refractivity contribution in [3.63, 3.8) is 0 Å². The molecule has 2 heterocycles. The van der Waals surface area contributed by atoms with Gasteiger partial charge < -0.3 is 10.2 Å². The minimum Gasteiger partial charge on any atom is -0.369 e. The third-order valence-electron chi connectivity index (χ3n) is 6.54. The summed E-state index contributed by atoms with van der Waals surface area (Å²) < 4.78 is 41.2. The van der Waals surface area contributed by atoms with Crippen LogP contribution in [0.5, 0.6) is 0 Å². The largest absolute Gasteiger partial charge is 0.419 e. The Labute approximate surface area is 209 Å². The van der Waals surface area contributed by atoms with Gasteiger partial charge in [-0.15, -0.1) is 0 Å². The van der Waals surface area contributed by atoms with Crippen LogP contribution in [-0.2, 0) is 36.7 Å². The first-order chi connectivity index (χ1) is 17.3. The monoisotopic (exact) mass is 496 g/mol. The van der Waals surface area contributed by atoms with Crippen molar-refractivity contribution >= 4 is 11.5 Å². The van der Waals surface area contributed by atoms with Gasteiger partial charge in [0, 0.05) is 57.3 Å². The Kier molecular flexibility index (Phi) is 8.36. The zero-order chi connectivity index (χ0) is 25.5. The number of hydrogen-bond donors (Lipinski definition) is 1. The first kappa shape index (κ1) is 25.8. The molecule has 1 aliphatic rings. The number of nitrogens with zero attached hydrogens (tertiary/aromatic N) is 3. The smallest absolute Gasteiger partial charge is 0.369 e. The second-order valence-electron chi connectivity index (χ2n) is 9.06. The minimum absolute atomic E-state index is 0.0124. The fraction of sp³-hybridized carbons (Fsp3) is 0.393. The van der Waals surface area contributed by atoms with E-state index in [2.05, 4.69) is 20.2 Å². The van der Waals surface area contributed by atoms with E-state index in [0.717, 1.165) is 54.8 Å². The maximum absolute atomic E-state index is 13.7. The summed E-state index contributed by atoms with van der Waals surface area (Å²) in [6, 6.07) is 15.5. The van der Waals surface area contributed by atoms with Gasteiger partial charge in [0.2, 0.25) is 0 Å². The van der Waals surface area contributed by atoms with E-state index in [0.29, 0.717) is 25.1 Å². The Morgan fingerprint density at radius 2 is 1.69 bits per heavy atom. The average molecular weight is 497 g/mol. The molecule has 190 valence electrons. The number of piperazine rings is 1. The molecule has 1 fully saturated rings. The molecule has 2 aromatic carbocycles. The third kappa shape index (κ3) is 6.69. The molecule has 0 unspecified atom stereocenters. The molecule has 3 aromatic rings. The lowest BCUT2D eigenvalue weighted by Crippen LogP contribution is -2.43. The minimum atomic E-state index is -4.53. The van der Waals surface area contributed by atoms with E-state index in [1.54, 1.807) is 0 Å². The zero-order valence-corrected chi connectivity index (χ0v) is 20.4. The van der Waals surface area contributed by atoms with Gasteiger partial charge in [-0.3, -0.25) is 4.79 Å². The maximum Gasteiger partial charge on any atom is 0.419 e. The van der Waals surface area contributed by atoms with E-state index in [4.69, 9.17) is 0 Å². The van der Waals surface area contributed by atoms with Crippen LogP contribution in [0.1, 0.15) is 47.1 Å². The van der Waals surface area contributed by atoms with Crippen LogP contribution in [0.25, 0.3) is 0 Å². The number of ketones is 1. The summed E-state index contributed by atoms with van der Waals surface area (Å²) in [6.07, 6.45) is -2.07. The number of aryl methyl sites for hydroxylation is 2. The highest BCUT2D eigenvalue weighted by Gasteiger charge is 2.34. The van der Waals surface area contributed by atoms with Crippen LogP contribution in [0.15, 0.2) is 54.7 Å². The Hall–Kier alpha value is -3.26. The third-order valence-corrected chi connectivity index (χ3v) is 6.54. The molecule has 0 radical (unpaired) electrons. The zero-order valence-electron chi connectivity index (χ0n) is 20.4. The number of nitrogens with one attached hydrogen (secondary N) is 1. The maximum atomic E-state index is 13.7. The summed E-state index contributed by atoms with van der Waals surface area (Å²) in [6.45, 7) is 5.59. The number of carbonyl (C=O) groups is 1. The van der Waals surface area contributed by atoms with Crippen LogP contribution in [0.2, 0.25) is 0 Å². The molecule has 5 nitrogen and oxygen atoms in total. The highest BCUT2D eigenvalue weighted by molar-refractivity contribution is 5.80. The molecule has 8 heteroatoms. The number of aromatic nitrogens is 2. The van der Waals surface area contributed by atoms with Gasteiger partial charge >= 0.3 is 6.18 Å². The molecule has 4 rings (SSSR count). The van der Waals surface area contributed by atoms with Crippen LogP contribution in [0.4, 0.5) is 18.9 Å². The van der Waals surface area contributed by atoms with E-state index in [1.165, 1.54) is 0 Å². The molecule has 1 aliphatic heterocycles. The van der Waals surface area contributed by atoms with E-state index in [-0.39, 0.29) is 24.3 Å². The predicted molar refractivity (Wildman–Crippen MR) is 134 cm³/mol.